The maximum atomic E-state index is 12.7. The molecule has 1 saturated carbocycles. The van der Waals surface area contributed by atoms with Gasteiger partial charge in [-0.05, 0) is 36.5 Å². The fourth-order valence-corrected chi connectivity index (χ4v) is 3.11. The van der Waals surface area contributed by atoms with Crippen LogP contribution < -0.4 is 5.73 Å². The predicted molar refractivity (Wildman–Crippen MR) is 89.1 cm³/mol. The Labute approximate surface area is 144 Å². The summed E-state index contributed by atoms with van der Waals surface area (Å²) in [7, 11) is 0. The molecule has 25 heavy (non-hydrogen) atoms. The number of alkyl halides is 3. The lowest BCUT2D eigenvalue weighted by Crippen LogP contribution is -2.37. The Morgan fingerprint density at radius 1 is 1.32 bits per heavy atom. The first-order valence-corrected chi connectivity index (χ1v) is 8.28. The Bertz CT molecular complexity index is 708. The van der Waals surface area contributed by atoms with Crippen LogP contribution in [-0.2, 0) is 6.42 Å². The van der Waals surface area contributed by atoms with E-state index in [1.165, 1.54) is 6.20 Å². The number of rotatable bonds is 6. The highest BCUT2D eigenvalue weighted by Crippen LogP contribution is 2.36. The van der Waals surface area contributed by atoms with Crippen molar-refractivity contribution in [2.24, 2.45) is 16.6 Å². The number of halogens is 3. The van der Waals surface area contributed by atoms with Gasteiger partial charge in [-0.3, -0.25) is 9.79 Å². The van der Waals surface area contributed by atoms with Crippen molar-refractivity contribution in [3.8, 4) is 0 Å². The SMILES string of the molecule is NC(=O)c1ccccc1CC(CC1CC1)N1C=CC(C(F)(F)F)=NC1. The summed E-state index contributed by atoms with van der Waals surface area (Å²) in [5.41, 5.74) is 5.86. The summed E-state index contributed by atoms with van der Waals surface area (Å²) in [4.78, 5) is 17.1. The zero-order valence-electron chi connectivity index (χ0n) is 13.7. The lowest BCUT2D eigenvalue weighted by molar-refractivity contribution is -0.0584. The van der Waals surface area contributed by atoms with Crippen LogP contribution in [0.2, 0.25) is 0 Å². The van der Waals surface area contributed by atoms with Gasteiger partial charge in [0.25, 0.3) is 0 Å². The van der Waals surface area contributed by atoms with Crippen LogP contribution in [0.15, 0.2) is 41.5 Å². The second-order valence-corrected chi connectivity index (χ2v) is 6.57. The predicted octanol–water partition coefficient (Wildman–Crippen LogP) is 3.29. The minimum absolute atomic E-state index is 0.0113. The van der Waals surface area contributed by atoms with Gasteiger partial charge in [-0.25, -0.2) is 0 Å². The molecule has 1 aromatic rings. The van der Waals surface area contributed by atoms with Gasteiger partial charge in [-0.1, -0.05) is 31.0 Å². The number of primary amides is 1. The van der Waals surface area contributed by atoms with Crippen LogP contribution in [0.3, 0.4) is 0 Å². The van der Waals surface area contributed by atoms with Gasteiger partial charge in [0.15, 0.2) is 0 Å². The van der Waals surface area contributed by atoms with Crippen LogP contribution in [0.25, 0.3) is 0 Å². The minimum Gasteiger partial charge on any atom is -0.366 e. The van der Waals surface area contributed by atoms with Crippen molar-refractivity contribution in [3.05, 3.63) is 47.7 Å². The third kappa shape index (κ3) is 4.41. The third-order valence-electron chi connectivity index (χ3n) is 4.63. The first-order valence-electron chi connectivity index (χ1n) is 8.28. The highest BCUT2D eigenvalue weighted by molar-refractivity contribution is 5.99. The summed E-state index contributed by atoms with van der Waals surface area (Å²) in [5.74, 6) is 0.0967. The number of nitrogens with two attached hydrogens (primary N) is 1. The number of nitrogens with zero attached hydrogens (tertiary/aromatic N) is 2. The van der Waals surface area contributed by atoms with Gasteiger partial charge in [0.1, 0.15) is 12.4 Å². The van der Waals surface area contributed by atoms with Crippen LogP contribution in [0.5, 0.6) is 0 Å². The Balaban J connectivity index is 1.77. The zero-order chi connectivity index (χ0) is 18.0. The maximum Gasteiger partial charge on any atom is 0.433 e. The number of amides is 1. The maximum absolute atomic E-state index is 12.7. The molecule has 0 saturated heterocycles. The second kappa shape index (κ2) is 6.90. The van der Waals surface area contributed by atoms with Gasteiger partial charge in [-0.15, -0.1) is 0 Å². The molecule has 0 radical (unpaired) electrons. The number of hydrogen-bond acceptors (Lipinski definition) is 3. The fraction of sp³-hybridized carbons (Fsp3) is 0.444. The molecule has 4 nitrogen and oxygen atoms in total. The normalized spacial score (nSPS) is 18.8. The molecule has 1 unspecified atom stereocenters. The number of carbonyl (C=O) groups is 1. The first kappa shape index (κ1) is 17.5. The van der Waals surface area contributed by atoms with E-state index in [1.54, 1.807) is 12.1 Å². The minimum atomic E-state index is -4.42. The van der Waals surface area contributed by atoms with Gasteiger partial charge >= 0.3 is 6.18 Å². The van der Waals surface area contributed by atoms with Gasteiger partial charge in [0.05, 0.1) is 0 Å². The summed E-state index contributed by atoms with van der Waals surface area (Å²) >= 11 is 0. The highest BCUT2D eigenvalue weighted by atomic mass is 19.4. The molecular weight excluding hydrogens is 331 g/mol. The largest absolute Gasteiger partial charge is 0.433 e. The lowest BCUT2D eigenvalue weighted by atomic mass is 9.95. The Morgan fingerprint density at radius 2 is 2.04 bits per heavy atom. The molecule has 2 N–H and O–H groups in total. The third-order valence-corrected chi connectivity index (χ3v) is 4.63. The van der Waals surface area contributed by atoms with Crippen molar-refractivity contribution >= 4 is 11.6 Å². The highest BCUT2D eigenvalue weighted by Gasteiger charge is 2.36. The van der Waals surface area contributed by atoms with Gasteiger partial charge < -0.3 is 10.6 Å². The van der Waals surface area contributed by atoms with Crippen LogP contribution in [0.1, 0.15) is 35.2 Å². The molecule has 3 rings (SSSR count). The molecule has 1 aromatic carbocycles. The smallest absolute Gasteiger partial charge is 0.366 e. The summed E-state index contributed by atoms with van der Waals surface area (Å²) in [6.45, 7) is -0.0263. The van der Waals surface area contributed by atoms with E-state index in [1.807, 2.05) is 17.0 Å². The van der Waals surface area contributed by atoms with E-state index in [2.05, 4.69) is 4.99 Å². The van der Waals surface area contributed by atoms with Crippen molar-refractivity contribution in [3.63, 3.8) is 0 Å². The Morgan fingerprint density at radius 3 is 2.60 bits per heavy atom. The molecule has 0 aromatic heterocycles. The van der Waals surface area contributed by atoms with Crippen LogP contribution >= 0.6 is 0 Å². The number of hydrogen-bond donors (Lipinski definition) is 1. The standard InChI is InChI=1S/C18H20F3N3O/c19-18(20,21)16-7-8-24(11-23-16)14(9-12-5-6-12)10-13-3-1-2-4-15(13)17(22)25/h1-4,7-8,12,14H,5-6,9-11H2,(H2,22,25). The quantitative estimate of drug-likeness (QED) is 0.855. The van der Waals surface area contributed by atoms with E-state index >= 15 is 0 Å². The van der Waals surface area contributed by atoms with Gasteiger partial charge in [0.2, 0.25) is 5.91 Å². The van der Waals surface area contributed by atoms with E-state index < -0.39 is 17.8 Å². The molecule has 1 amide bonds. The molecule has 1 aliphatic heterocycles. The van der Waals surface area contributed by atoms with Crippen molar-refractivity contribution in [2.45, 2.75) is 37.9 Å². The van der Waals surface area contributed by atoms with Crippen LogP contribution in [0.4, 0.5) is 13.2 Å². The number of aliphatic imine (C=N–C) groups is 1. The first-order chi connectivity index (χ1) is 11.8. The monoisotopic (exact) mass is 351 g/mol. The van der Waals surface area contributed by atoms with Crippen molar-refractivity contribution in [1.29, 1.82) is 0 Å². The van der Waals surface area contributed by atoms with Crippen molar-refractivity contribution in [1.82, 2.24) is 4.90 Å². The summed E-state index contributed by atoms with van der Waals surface area (Å²) < 4.78 is 38.2. The topological polar surface area (TPSA) is 58.7 Å². The summed E-state index contributed by atoms with van der Waals surface area (Å²) in [5, 5.41) is 0. The molecule has 2 aliphatic rings. The molecule has 1 atom stereocenters. The number of carbonyl (C=O) groups excluding carboxylic acids is 1. The average molecular weight is 351 g/mol. The molecule has 0 spiro atoms. The molecule has 134 valence electrons. The molecule has 0 bridgehead atoms. The Kier molecular flexibility index (Phi) is 4.83. The van der Waals surface area contributed by atoms with E-state index in [0.29, 0.717) is 17.9 Å². The van der Waals surface area contributed by atoms with E-state index in [9.17, 15) is 18.0 Å². The van der Waals surface area contributed by atoms with Crippen molar-refractivity contribution < 1.29 is 18.0 Å². The van der Waals surface area contributed by atoms with Gasteiger partial charge in [-0.2, -0.15) is 13.2 Å². The Hall–Kier alpha value is -2.31. The molecule has 1 heterocycles. The zero-order valence-corrected chi connectivity index (χ0v) is 13.7. The van der Waals surface area contributed by atoms with E-state index in [0.717, 1.165) is 30.9 Å². The van der Waals surface area contributed by atoms with Crippen LogP contribution in [0, 0.1) is 5.92 Å². The van der Waals surface area contributed by atoms with Crippen molar-refractivity contribution in [2.75, 3.05) is 6.67 Å². The second-order valence-electron chi connectivity index (χ2n) is 6.57. The van der Waals surface area contributed by atoms with Gasteiger partial charge in [0, 0.05) is 17.8 Å². The molecule has 1 fully saturated rings. The summed E-state index contributed by atoms with van der Waals surface area (Å²) in [6.07, 6.45) is 1.77. The molecule has 1 aliphatic carbocycles. The van der Waals surface area contributed by atoms with E-state index in [-0.39, 0.29) is 12.7 Å². The van der Waals surface area contributed by atoms with E-state index in [4.69, 9.17) is 5.73 Å². The lowest BCUT2D eigenvalue weighted by Gasteiger charge is -2.32. The summed E-state index contributed by atoms with van der Waals surface area (Å²) in [6, 6.07) is 7.10. The van der Waals surface area contributed by atoms with Crippen LogP contribution in [-0.4, -0.2) is 35.4 Å². The number of allylic oxidation sites excluding steroid dienone is 1. The fourth-order valence-electron chi connectivity index (χ4n) is 3.11. The molecular formula is C18H20F3N3O. The molecule has 7 heteroatoms. The average Bonchev–Trinajstić information content (AvgIpc) is 3.38. The number of benzene rings is 1.